The number of nitrogens with two attached hydrogens (primary N) is 1. The van der Waals surface area contributed by atoms with Crippen molar-refractivity contribution in [2.75, 3.05) is 0 Å². The molecule has 1 fully saturated rings. The van der Waals surface area contributed by atoms with E-state index in [2.05, 4.69) is 5.43 Å². The standard InChI is InChI=1S/C13H17F3N2/c14-13(15,16)11-3-1-2-10(6-11)8-12(18-17)7-9-4-5-9/h1-3,6,9,12,18H,4-5,7-8,17H2. The fraction of sp³-hybridized carbons (Fsp3) is 0.538. The first-order chi connectivity index (χ1) is 8.49. The van der Waals surface area contributed by atoms with Crippen molar-refractivity contribution in [3.8, 4) is 0 Å². The van der Waals surface area contributed by atoms with Crippen molar-refractivity contribution in [2.24, 2.45) is 11.8 Å². The quantitative estimate of drug-likeness (QED) is 0.629. The monoisotopic (exact) mass is 258 g/mol. The van der Waals surface area contributed by atoms with Crippen LogP contribution in [-0.4, -0.2) is 6.04 Å². The van der Waals surface area contributed by atoms with Gasteiger partial charge in [-0.1, -0.05) is 31.0 Å². The Kier molecular flexibility index (Phi) is 3.92. The molecule has 0 bridgehead atoms. The maximum atomic E-state index is 12.6. The van der Waals surface area contributed by atoms with E-state index in [0.29, 0.717) is 17.9 Å². The van der Waals surface area contributed by atoms with Crippen LogP contribution in [0, 0.1) is 5.92 Å². The largest absolute Gasteiger partial charge is 0.416 e. The van der Waals surface area contributed by atoms with E-state index in [0.717, 1.165) is 12.5 Å². The highest BCUT2D eigenvalue weighted by Crippen LogP contribution is 2.34. The summed E-state index contributed by atoms with van der Waals surface area (Å²) in [5, 5.41) is 0. The van der Waals surface area contributed by atoms with Gasteiger partial charge in [-0.15, -0.1) is 0 Å². The van der Waals surface area contributed by atoms with Gasteiger partial charge in [0, 0.05) is 6.04 Å². The van der Waals surface area contributed by atoms with Crippen molar-refractivity contribution in [3.63, 3.8) is 0 Å². The Balaban J connectivity index is 2.03. The van der Waals surface area contributed by atoms with Crippen LogP contribution in [0.25, 0.3) is 0 Å². The molecule has 0 aromatic heterocycles. The van der Waals surface area contributed by atoms with Crippen molar-refractivity contribution >= 4 is 0 Å². The molecule has 3 N–H and O–H groups in total. The number of hydrogen-bond donors (Lipinski definition) is 2. The molecule has 1 aromatic rings. The average molecular weight is 258 g/mol. The van der Waals surface area contributed by atoms with E-state index in [1.807, 2.05) is 0 Å². The molecule has 1 unspecified atom stereocenters. The Hall–Kier alpha value is -1.07. The molecule has 1 atom stereocenters. The lowest BCUT2D eigenvalue weighted by molar-refractivity contribution is -0.137. The third-order valence-electron chi connectivity index (χ3n) is 3.29. The Labute approximate surface area is 104 Å². The number of nitrogens with one attached hydrogen (secondary N) is 1. The predicted octanol–water partition coefficient (Wildman–Crippen LogP) is 2.88. The first-order valence-corrected chi connectivity index (χ1v) is 6.11. The maximum Gasteiger partial charge on any atom is 0.416 e. The van der Waals surface area contributed by atoms with Gasteiger partial charge in [0.2, 0.25) is 0 Å². The van der Waals surface area contributed by atoms with E-state index >= 15 is 0 Å². The normalized spacial score (nSPS) is 17.8. The summed E-state index contributed by atoms with van der Waals surface area (Å²) in [7, 11) is 0. The zero-order chi connectivity index (χ0) is 13.2. The minimum atomic E-state index is -4.28. The van der Waals surface area contributed by atoms with Gasteiger partial charge in [-0.2, -0.15) is 13.2 Å². The van der Waals surface area contributed by atoms with Gasteiger partial charge in [-0.3, -0.25) is 11.3 Å². The summed E-state index contributed by atoms with van der Waals surface area (Å²) in [6.45, 7) is 0. The molecule has 0 amide bonds. The van der Waals surface area contributed by atoms with Crippen LogP contribution in [0.1, 0.15) is 30.4 Å². The summed E-state index contributed by atoms with van der Waals surface area (Å²) in [4.78, 5) is 0. The second-order valence-electron chi connectivity index (χ2n) is 4.94. The van der Waals surface area contributed by atoms with Crippen molar-refractivity contribution in [2.45, 2.75) is 37.9 Å². The molecule has 100 valence electrons. The lowest BCUT2D eigenvalue weighted by Gasteiger charge is -2.16. The fourth-order valence-corrected chi connectivity index (χ4v) is 2.13. The zero-order valence-electron chi connectivity index (χ0n) is 10.0. The topological polar surface area (TPSA) is 38.0 Å². The Morgan fingerprint density at radius 3 is 2.61 bits per heavy atom. The van der Waals surface area contributed by atoms with Crippen molar-refractivity contribution in [1.82, 2.24) is 5.43 Å². The molecule has 0 saturated heterocycles. The van der Waals surface area contributed by atoms with Gasteiger partial charge in [-0.05, 0) is 30.4 Å². The molecule has 18 heavy (non-hydrogen) atoms. The molecular formula is C13H17F3N2. The lowest BCUT2D eigenvalue weighted by Crippen LogP contribution is -2.37. The van der Waals surface area contributed by atoms with Gasteiger partial charge < -0.3 is 0 Å². The van der Waals surface area contributed by atoms with E-state index in [4.69, 9.17) is 5.84 Å². The Morgan fingerprint density at radius 1 is 1.33 bits per heavy atom. The first-order valence-electron chi connectivity index (χ1n) is 6.11. The molecule has 1 aliphatic carbocycles. The highest BCUT2D eigenvalue weighted by atomic mass is 19.4. The van der Waals surface area contributed by atoms with Crippen LogP contribution >= 0.6 is 0 Å². The maximum absolute atomic E-state index is 12.6. The van der Waals surface area contributed by atoms with E-state index in [9.17, 15) is 13.2 Å². The van der Waals surface area contributed by atoms with Crippen LogP contribution in [0.4, 0.5) is 13.2 Å². The SMILES string of the molecule is NNC(Cc1cccc(C(F)(F)F)c1)CC1CC1. The highest BCUT2D eigenvalue weighted by Gasteiger charge is 2.30. The smallest absolute Gasteiger partial charge is 0.271 e. The average Bonchev–Trinajstić information content (AvgIpc) is 3.11. The molecule has 2 nitrogen and oxygen atoms in total. The second-order valence-corrected chi connectivity index (χ2v) is 4.94. The van der Waals surface area contributed by atoms with Crippen molar-refractivity contribution in [1.29, 1.82) is 0 Å². The van der Waals surface area contributed by atoms with Crippen LogP contribution in [0.15, 0.2) is 24.3 Å². The van der Waals surface area contributed by atoms with Gasteiger partial charge in [-0.25, -0.2) is 0 Å². The summed E-state index contributed by atoms with van der Waals surface area (Å²) in [6, 6.07) is 5.52. The number of hydrazine groups is 1. The molecule has 5 heteroatoms. The second kappa shape index (κ2) is 5.28. The number of hydrogen-bond acceptors (Lipinski definition) is 2. The van der Waals surface area contributed by atoms with Crippen LogP contribution in [0.2, 0.25) is 0 Å². The minimum absolute atomic E-state index is 0.0565. The summed E-state index contributed by atoms with van der Waals surface area (Å²) in [5.41, 5.74) is 2.78. The molecule has 1 saturated carbocycles. The van der Waals surface area contributed by atoms with E-state index in [1.54, 1.807) is 6.07 Å². The fourth-order valence-electron chi connectivity index (χ4n) is 2.13. The van der Waals surface area contributed by atoms with Gasteiger partial charge in [0.1, 0.15) is 0 Å². The Morgan fingerprint density at radius 2 is 2.06 bits per heavy atom. The van der Waals surface area contributed by atoms with Gasteiger partial charge in [0.15, 0.2) is 0 Å². The van der Waals surface area contributed by atoms with E-state index in [1.165, 1.54) is 25.0 Å². The molecule has 2 rings (SSSR count). The molecule has 0 aliphatic heterocycles. The lowest BCUT2D eigenvalue weighted by atomic mass is 10.00. The highest BCUT2D eigenvalue weighted by molar-refractivity contribution is 5.26. The summed E-state index contributed by atoms with van der Waals surface area (Å²) in [6.07, 6.45) is -0.386. The number of halogens is 3. The van der Waals surface area contributed by atoms with Gasteiger partial charge in [0.25, 0.3) is 0 Å². The molecular weight excluding hydrogens is 241 g/mol. The van der Waals surface area contributed by atoms with Crippen LogP contribution in [0.5, 0.6) is 0 Å². The zero-order valence-corrected chi connectivity index (χ0v) is 10.0. The van der Waals surface area contributed by atoms with Crippen LogP contribution in [-0.2, 0) is 12.6 Å². The van der Waals surface area contributed by atoms with Gasteiger partial charge in [0.05, 0.1) is 5.56 Å². The molecule has 0 spiro atoms. The van der Waals surface area contributed by atoms with E-state index in [-0.39, 0.29) is 6.04 Å². The van der Waals surface area contributed by atoms with Crippen LogP contribution in [0.3, 0.4) is 0 Å². The number of alkyl halides is 3. The Bertz CT molecular complexity index is 399. The summed E-state index contributed by atoms with van der Waals surface area (Å²) in [5.74, 6) is 6.14. The summed E-state index contributed by atoms with van der Waals surface area (Å²) < 4.78 is 37.7. The number of benzene rings is 1. The number of rotatable bonds is 5. The molecule has 0 heterocycles. The van der Waals surface area contributed by atoms with Gasteiger partial charge >= 0.3 is 6.18 Å². The van der Waals surface area contributed by atoms with Crippen LogP contribution < -0.4 is 11.3 Å². The first kappa shape index (κ1) is 13.4. The summed E-state index contributed by atoms with van der Waals surface area (Å²) >= 11 is 0. The minimum Gasteiger partial charge on any atom is -0.271 e. The molecule has 1 aliphatic rings. The molecule has 1 aromatic carbocycles. The third-order valence-corrected chi connectivity index (χ3v) is 3.29. The van der Waals surface area contributed by atoms with Crippen molar-refractivity contribution < 1.29 is 13.2 Å². The van der Waals surface area contributed by atoms with Crippen molar-refractivity contribution in [3.05, 3.63) is 35.4 Å². The van der Waals surface area contributed by atoms with E-state index < -0.39 is 11.7 Å². The third kappa shape index (κ3) is 3.71. The molecule has 0 radical (unpaired) electrons. The predicted molar refractivity (Wildman–Crippen MR) is 63.6 cm³/mol.